The first-order chi connectivity index (χ1) is 9.04. The smallest absolute Gasteiger partial charge is 0.327 e. The molecule has 1 aliphatic heterocycles. The lowest BCUT2D eigenvalue weighted by molar-refractivity contribution is -0.144. The number of nitrogens with zero attached hydrogens (tertiary/aromatic N) is 4. The van der Waals surface area contributed by atoms with Gasteiger partial charge in [-0.2, -0.15) is 0 Å². The predicted molar refractivity (Wildman–Crippen MR) is 75.0 cm³/mol. The van der Waals surface area contributed by atoms with E-state index in [2.05, 4.69) is 32.7 Å². The van der Waals surface area contributed by atoms with Gasteiger partial charge in [0.25, 0.3) is 0 Å². The van der Waals surface area contributed by atoms with E-state index in [0.29, 0.717) is 5.69 Å². The van der Waals surface area contributed by atoms with E-state index in [0.717, 1.165) is 37.3 Å². The van der Waals surface area contributed by atoms with E-state index in [-0.39, 0.29) is 0 Å². The van der Waals surface area contributed by atoms with Crippen LogP contribution in [0.3, 0.4) is 0 Å². The number of imidazole rings is 1. The van der Waals surface area contributed by atoms with Crippen LogP contribution in [0, 0.1) is 0 Å². The van der Waals surface area contributed by atoms with E-state index in [1.165, 1.54) is 0 Å². The van der Waals surface area contributed by atoms with E-state index in [1.807, 2.05) is 11.9 Å². The minimum atomic E-state index is -0.843. The molecule has 1 aromatic heterocycles. The standard InChI is InChI=1S/C12H19BrN4O2/c1-3-16-4-6-17(7-5-16)10(12(18)19)9-11(13)15(2)8-14-9/h8,10H,3-7H2,1-2H3,(H,18,19). The van der Waals surface area contributed by atoms with Crippen LogP contribution >= 0.6 is 15.9 Å². The molecule has 0 aromatic carbocycles. The van der Waals surface area contributed by atoms with E-state index < -0.39 is 12.0 Å². The number of aliphatic carboxylic acids is 1. The molecule has 106 valence electrons. The van der Waals surface area contributed by atoms with Crippen LogP contribution in [0.5, 0.6) is 0 Å². The Hall–Kier alpha value is -0.920. The Morgan fingerprint density at radius 2 is 2.11 bits per heavy atom. The summed E-state index contributed by atoms with van der Waals surface area (Å²) in [7, 11) is 1.84. The third-order valence-corrected chi connectivity index (χ3v) is 4.57. The fourth-order valence-electron chi connectivity index (χ4n) is 2.40. The topological polar surface area (TPSA) is 61.6 Å². The van der Waals surface area contributed by atoms with Gasteiger partial charge in [-0.25, -0.2) is 4.98 Å². The Bertz CT molecular complexity index is 455. The number of likely N-dealkylation sites (N-methyl/N-ethyl adjacent to an activating group) is 1. The number of rotatable bonds is 4. The highest BCUT2D eigenvalue weighted by Crippen LogP contribution is 2.27. The van der Waals surface area contributed by atoms with E-state index in [4.69, 9.17) is 0 Å². The summed E-state index contributed by atoms with van der Waals surface area (Å²) in [5.74, 6) is -0.843. The molecule has 1 saturated heterocycles. The third kappa shape index (κ3) is 2.98. The number of aryl methyl sites for hydroxylation is 1. The molecule has 0 saturated carbocycles. The maximum atomic E-state index is 11.6. The van der Waals surface area contributed by atoms with Crippen molar-refractivity contribution in [2.75, 3.05) is 32.7 Å². The molecule has 0 spiro atoms. The van der Waals surface area contributed by atoms with Crippen molar-refractivity contribution >= 4 is 21.9 Å². The van der Waals surface area contributed by atoms with Crippen molar-refractivity contribution in [3.8, 4) is 0 Å². The summed E-state index contributed by atoms with van der Waals surface area (Å²) in [5.41, 5.74) is 0.583. The maximum absolute atomic E-state index is 11.6. The van der Waals surface area contributed by atoms with Crippen molar-refractivity contribution in [2.45, 2.75) is 13.0 Å². The number of hydrogen-bond acceptors (Lipinski definition) is 4. The first-order valence-electron chi connectivity index (χ1n) is 6.40. The molecule has 1 aromatic rings. The Kier molecular flexibility index (Phi) is 4.59. The molecule has 1 unspecified atom stereocenters. The van der Waals surface area contributed by atoms with Gasteiger partial charge < -0.3 is 14.6 Å². The van der Waals surface area contributed by atoms with Crippen molar-refractivity contribution in [2.24, 2.45) is 7.05 Å². The highest BCUT2D eigenvalue weighted by molar-refractivity contribution is 9.10. The zero-order valence-corrected chi connectivity index (χ0v) is 12.8. The van der Waals surface area contributed by atoms with Gasteiger partial charge in [0.1, 0.15) is 10.3 Å². The molecular formula is C12H19BrN4O2. The molecule has 1 aliphatic rings. The lowest BCUT2D eigenvalue weighted by Gasteiger charge is -2.36. The van der Waals surface area contributed by atoms with Gasteiger partial charge >= 0.3 is 5.97 Å². The van der Waals surface area contributed by atoms with E-state index >= 15 is 0 Å². The number of carboxylic acid groups (broad SMARTS) is 1. The fraction of sp³-hybridized carbons (Fsp3) is 0.667. The quantitative estimate of drug-likeness (QED) is 0.890. The van der Waals surface area contributed by atoms with Crippen LogP contribution in [-0.4, -0.2) is 63.2 Å². The highest BCUT2D eigenvalue weighted by Gasteiger charge is 2.33. The number of carbonyl (C=O) groups is 1. The summed E-state index contributed by atoms with van der Waals surface area (Å²) in [6, 6.07) is -0.672. The first kappa shape index (κ1) is 14.5. The second-order valence-electron chi connectivity index (χ2n) is 4.74. The van der Waals surface area contributed by atoms with Gasteiger partial charge in [-0.15, -0.1) is 0 Å². The molecule has 0 bridgehead atoms. The van der Waals surface area contributed by atoms with E-state index in [9.17, 15) is 9.90 Å². The Morgan fingerprint density at radius 1 is 1.47 bits per heavy atom. The number of piperazine rings is 1. The van der Waals surface area contributed by atoms with Gasteiger partial charge in [0.2, 0.25) is 0 Å². The molecule has 6 nitrogen and oxygen atoms in total. The van der Waals surface area contributed by atoms with Gasteiger partial charge in [0.15, 0.2) is 6.04 Å². The molecule has 1 fully saturated rings. The predicted octanol–water partition coefficient (Wildman–Crippen LogP) is 0.946. The molecule has 1 N–H and O–H groups in total. The highest BCUT2D eigenvalue weighted by atomic mass is 79.9. The zero-order valence-electron chi connectivity index (χ0n) is 11.2. The summed E-state index contributed by atoms with van der Waals surface area (Å²) in [6.07, 6.45) is 1.64. The molecule has 0 radical (unpaired) electrons. The largest absolute Gasteiger partial charge is 0.480 e. The van der Waals surface area contributed by atoms with Gasteiger partial charge in [-0.3, -0.25) is 9.69 Å². The van der Waals surface area contributed by atoms with Crippen LogP contribution in [0.25, 0.3) is 0 Å². The molecule has 2 heterocycles. The molecular weight excluding hydrogens is 312 g/mol. The minimum Gasteiger partial charge on any atom is -0.480 e. The molecule has 2 rings (SSSR count). The number of halogens is 1. The third-order valence-electron chi connectivity index (χ3n) is 3.60. The van der Waals surface area contributed by atoms with Crippen LogP contribution < -0.4 is 0 Å². The summed E-state index contributed by atoms with van der Waals surface area (Å²) in [4.78, 5) is 20.1. The van der Waals surface area contributed by atoms with Crippen molar-refractivity contribution < 1.29 is 9.90 Å². The van der Waals surface area contributed by atoms with Crippen molar-refractivity contribution in [3.05, 3.63) is 16.6 Å². The van der Waals surface area contributed by atoms with Crippen LogP contribution in [-0.2, 0) is 11.8 Å². The van der Waals surface area contributed by atoms with Crippen molar-refractivity contribution in [1.29, 1.82) is 0 Å². The van der Waals surface area contributed by atoms with E-state index in [1.54, 1.807) is 10.9 Å². The van der Waals surface area contributed by atoms with Gasteiger partial charge in [-0.05, 0) is 22.5 Å². The summed E-state index contributed by atoms with van der Waals surface area (Å²) in [6.45, 7) is 6.47. The molecule has 0 amide bonds. The molecule has 1 atom stereocenters. The summed E-state index contributed by atoms with van der Waals surface area (Å²) >= 11 is 3.41. The second kappa shape index (κ2) is 6.02. The van der Waals surface area contributed by atoms with Crippen LogP contribution in [0.4, 0.5) is 0 Å². The average molecular weight is 331 g/mol. The monoisotopic (exact) mass is 330 g/mol. The van der Waals surface area contributed by atoms with Crippen LogP contribution in [0.15, 0.2) is 10.9 Å². The average Bonchev–Trinajstić information content (AvgIpc) is 2.72. The van der Waals surface area contributed by atoms with Crippen molar-refractivity contribution in [1.82, 2.24) is 19.4 Å². The first-order valence-corrected chi connectivity index (χ1v) is 7.19. The zero-order chi connectivity index (χ0) is 14.0. The Labute approximate surface area is 121 Å². The lowest BCUT2D eigenvalue weighted by Crippen LogP contribution is -2.49. The summed E-state index contributed by atoms with van der Waals surface area (Å²) in [5, 5.41) is 9.51. The van der Waals surface area contributed by atoms with Gasteiger partial charge in [0.05, 0.1) is 6.33 Å². The number of hydrogen-bond donors (Lipinski definition) is 1. The fourth-order valence-corrected chi connectivity index (χ4v) is 2.81. The molecule has 7 heteroatoms. The summed E-state index contributed by atoms with van der Waals surface area (Å²) < 4.78 is 2.52. The minimum absolute atomic E-state index is 0.583. The maximum Gasteiger partial charge on any atom is 0.327 e. The van der Waals surface area contributed by atoms with Gasteiger partial charge in [0, 0.05) is 33.2 Å². The Morgan fingerprint density at radius 3 is 2.53 bits per heavy atom. The normalized spacial score (nSPS) is 19.5. The Balaban J connectivity index is 2.18. The van der Waals surface area contributed by atoms with Gasteiger partial charge in [-0.1, -0.05) is 6.92 Å². The lowest BCUT2D eigenvalue weighted by atomic mass is 10.1. The van der Waals surface area contributed by atoms with Crippen molar-refractivity contribution in [3.63, 3.8) is 0 Å². The SMILES string of the molecule is CCN1CCN(C(C(=O)O)c2ncn(C)c2Br)CC1. The molecule has 0 aliphatic carbocycles. The number of carboxylic acids is 1. The second-order valence-corrected chi connectivity index (χ2v) is 5.49. The molecule has 19 heavy (non-hydrogen) atoms. The van der Waals surface area contributed by atoms with Crippen LogP contribution in [0.2, 0.25) is 0 Å². The van der Waals surface area contributed by atoms with Crippen LogP contribution in [0.1, 0.15) is 18.7 Å². The number of aromatic nitrogens is 2.